The van der Waals surface area contributed by atoms with Crippen molar-refractivity contribution in [1.82, 2.24) is 19.7 Å². The highest BCUT2D eigenvalue weighted by atomic mass is 15.4. The van der Waals surface area contributed by atoms with Crippen molar-refractivity contribution in [2.75, 3.05) is 0 Å². The summed E-state index contributed by atoms with van der Waals surface area (Å²) in [4.78, 5) is 12.8. The zero-order valence-corrected chi connectivity index (χ0v) is 10.8. The number of rotatable bonds is 1. The SMILES string of the molecule is CC(C)(C)c1cc2n(n1)C(c1cnccn1)=NC2. The predicted molar refractivity (Wildman–Crippen MR) is 68.6 cm³/mol. The van der Waals surface area contributed by atoms with Crippen molar-refractivity contribution in [3.05, 3.63) is 41.7 Å². The first kappa shape index (κ1) is 11.1. The molecular formula is C13H15N5. The minimum absolute atomic E-state index is 0.0464. The number of hydrogen-bond donors (Lipinski definition) is 0. The molecule has 0 unspecified atom stereocenters. The maximum atomic E-state index is 4.64. The van der Waals surface area contributed by atoms with Crippen molar-refractivity contribution >= 4 is 5.84 Å². The van der Waals surface area contributed by atoms with Gasteiger partial charge in [-0.2, -0.15) is 5.10 Å². The Bertz CT molecular complexity index is 604. The molecule has 0 aliphatic carbocycles. The molecule has 5 heteroatoms. The van der Waals surface area contributed by atoms with Crippen LogP contribution in [-0.2, 0) is 12.0 Å². The van der Waals surface area contributed by atoms with Gasteiger partial charge in [0, 0.05) is 17.8 Å². The van der Waals surface area contributed by atoms with Crippen LogP contribution < -0.4 is 0 Å². The summed E-state index contributed by atoms with van der Waals surface area (Å²) < 4.78 is 1.88. The summed E-state index contributed by atoms with van der Waals surface area (Å²) in [7, 11) is 0. The van der Waals surface area contributed by atoms with Crippen molar-refractivity contribution in [1.29, 1.82) is 0 Å². The Balaban J connectivity index is 2.04. The van der Waals surface area contributed by atoms with Crippen molar-refractivity contribution in [3.63, 3.8) is 0 Å². The van der Waals surface area contributed by atoms with Crippen LogP contribution in [0.5, 0.6) is 0 Å². The Morgan fingerprint density at radius 2 is 2.06 bits per heavy atom. The highest BCUT2D eigenvalue weighted by molar-refractivity contribution is 5.99. The van der Waals surface area contributed by atoms with Crippen LogP contribution in [-0.4, -0.2) is 25.6 Å². The quantitative estimate of drug-likeness (QED) is 0.764. The average Bonchev–Trinajstić information content (AvgIpc) is 2.88. The standard InChI is InChI=1S/C13H15N5/c1-13(2,3)11-6-9-7-16-12(18(9)17-11)10-8-14-4-5-15-10/h4-6,8H,7H2,1-3H3. The second kappa shape index (κ2) is 3.73. The van der Waals surface area contributed by atoms with Crippen LogP contribution in [0, 0.1) is 0 Å². The molecule has 0 radical (unpaired) electrons. The Hall–Kier alpha value is -2.04. The van der Waals surface area contributed by atoms with E-state index in [4.69, 9.17) is 0 Å². The molecule has 0 bridgehead atoms. The van der Waals surface area contributed by atoms with Gasteiger partial charge in [0.2, 0.25) is 0 Å². The summed E-state index contributed by atoms with van der Waals surface area (Å²) in [5.41, 5.74) is 3.00. The second-order valence-corrected chi connectivity index (χ2v) is 5.41. The van der Waals surface area contributed by atoms with E-state index in [1.807, 2.05) is 4.68 Å². The molecule has 0 fully saturated rings. The molecule has 3 rings (SSSR count). The first-order valence-electron chi connectivity index (χ1n) is 5.96. The molecule has 0 N–H and O–H groups in total. The summed E-state index contributed by atoms with van der Waals surface area (Å²) in [6, 6.07) is 2.12. The number of fused-ring (bicyclic) bond motifs is 1. The van der Waals surface area contributed by atoms with E-state index in [0.29, 0.717) is 6.54 Å². The van der Waals surface area contributed by atoms with Crippen molar-refractivity contribution < 1.29 is 0 Å². The van der Waals surface area contributed by atoms with Gasteiger partial charge in [0.1, 0.15) is 5.69 Å². The number of nitrogens with zero attached hydrogens (tertiary/aromatic N) is 5. The monoisotopic (exact) mass is 241 g/mol. The second-order valence-electron chi connectivity index (χ2n) is 5.41. The molecule has 0 amide bonds. The fraction of sp³-hybridized carbons (Fsp3) is 0.385. The van der Waals surface area contributed by atoms with Gasteiger partial charge >= 0.3 is 0 Å². The largest absolute Gasteiger partial charge is 0.261 e. The molecule has 3 heterocycles. The number of aliphatic imine (C=N–C) groups is 1. The highest BCUT2D eigenvalue weighted by Gasteiger charge is 2.25. The first-order chi connectivity index (χ1) is 8.55. The van der Waals surface area contributed by atoms with Gasteiger partial charge in [-0.25, -0.2) is 9.67 Å². The van der Waals surface area contributed by atoms with Gasteiger partial charge < -0.3 is 0 Å². The molecule has 0 saturated heterocycles. The molecule has 1 aliphatic rings. The smallest absolute Gasteiger partial charge is 0.177 e. The van der Waals surface area contributed by atoms with Crippen molar-refractivity contribution in [2.24, 2.45) is 4.99 Å². The first-order valence-corrected chi connectivity index (χ1v) is 5.96. The normalized spacial score (nSPS) is 14.5. The minimum atomic E-state index is 0.0464. The third kappa shape index (κ3) is 1.72. The number of hydrogen-bond acceptors (Lipinski definition) is 4. The topological polar surface area (TPSA) is 56.0 Å². The molecule has 18 heavy (non-hydrogen) atoms. The van der Waals surface area contributed by atoms with E-state index in [-0.39, 0.29) is 5.41 Å². The van der Waals surface area contributed by atoms with Gasteiger partial charge in [-0.15, -0.1) is 0 Å². The minimum Gasteiger partial charge on any atom is -0.261 e. The van der Waals surface area contributed by atoms with Crippen LogP contribution in [0.15, 0.2) is 29.6 Å². The molecule has 2 aromatic rings. The molecule has 0 saturated carbocycles. The molecule has 92 valence electrons. The lowest BCUT2D eigenvalue weighted by Gasteiger charge is -2.14. The van der Waals surface area contributed by atoms with Gasteiger partial charge in [0.25, 0.3) is 0 Å². The third-order valence-corrected chi connectivity index (χ3v) is 2.94. The zero-order chi connectivity index (χ0) is 12.8. The summed E-state index contributed by atoms with van der Waals surface area (Å²) in [5, 5.41) is 4.64. The maximum Gasteiger partial charge on any atom is 0.177 e. The fourth-order valence-corrected chi connectivity index (χ4v) is 1.91. The Morgan fingerprint density at radius 3 is 2.72 bits per heavy atom. The van der Waals surface area contributed by atoms with E-state index >= 15 is 0 Å². The summed E-state index contributed by atoms with van der Waals surface area (Å²) in [5.74, 6) is 0.786. The van der Waals surface area contributed by atoms with E-state index in [9.17, 15) is 0 Å². The molecule has 0 aromatic carbocycles. The van der Waals surface area contributed by atoms with E-state index < -0.39 is 0 Å². The van der Waals surface area contributed by atoms with Gasteiger partial charge in [0.05, 0.1) is 24.1 Å². The van der Waals surface area contributed by atoms with Gasteiger partial charge in [-0.3, -0.25) is 9.98 Å². The molecule has 2 aromatic heterocycles. The zero-order valence-electron chi connectivity index (χ0n) is 10.8. The van der Waals surface area contributed by atoms with Gasteiger partial charge in [-0.05, 0) is 6.07 Å². The van der Waals surface area contributed by atoms with Crippen LogP contribution in [0.2, 0.25) is 0 Å². The van der Waals surface area contributed by atoms with Crippen LogP contribution >= 0.6 is 0 Å². The lowest BCUT2D eigenvalue weighted by molar-refractivity contribution is 0.562. The maximum absolute atomic E-state index is 4.64. The summed E-state index contributed by atoms with van der Waals surface area (Å²) in [6.07, 6.45) is 5.04. The van der Waals surface area contributed by atoms with Crippen LogP contribution in [0.25, 0.3) is 0 Å². The summed E-state index contributed by atoms with van der Waals surface area (Å²) in [6.45, 7) is 7.13. The lowest BCUT2D eigenvalue weighted by atomic mass is 9.92. The number of aromatic nitrogens is 4. The van der Waals surface area contributed by atoms with Crippen molar-refractivity contribution in [2.45, 2.75) is 32.7 Å². The molecular weight excluding hydrogens is 226 g/mol. The third-order valence-electron chi connectivity index (χ3n) is 2.94. The Kier molecular flexibility index (Phi) is 2.29. The summed E-state index contributed by atoms with van der Waals surface area (Å²) >= 11 is 0. The molecule has 0 spiro atoms. The Morgan fingerprint density at radius 1 is 1.22 bits per heavy atom. The van der Waals surface area contributed by atoms with E-state index in [2.05, 4.69) is 46.9 Å². The van der Waals surface area contributed by atoms with Gasteiger partial charge in [-0.1, -0.05) is 20.8 Å². The van der Waals surface area contributed by atoms with E-state index in [0.717, 1.165) is 22.9 Å². The van der Waals surface area contributed by atoms with Gasteiger partial charge in [0.15, 0.2) is 5.84 Å². The fourth-order valence-electron chi connectivity index (χ4n) is 1.91. The average molecular weight is 241 g/mol. The lowest BCUT2D eigenvalue weighted by Crippen LogP contribution is -2.17. The molecule has 1 aliphatic heterocycles. The van der Waals surface area contributed by atoms with E-state index in [1.165, 1.54) is 0 Å². The van der Waals surface area contributed by atoms with Crippen LogP contribution in [0.1, 0.15) is 37.9 Å². The molecule has 5 nitrogen and oxygen atoms in total. The van der Waals surface area contributed by atoms with Crippen LogP contribution in [0.4, 0.5) is 0 Å². The predicted octanol–water partition coefficient (Wildman–Crippen LogP) is 1.78. The van der Waals surface area contributed by atoms with Crippen LogP contribution in [0.3, 0.4) is 0 Å². The highest BCUT2D eigenvalue weighted by Crippen LogP contribution is 2.24. The Labute approximate surface area is 106 Å². The molecule has 0 atom stereocenters. The van der Waals surface area contributed by atoms with E-state index in [1.54, 1.807) is 18.6 Å². The van der Waals surface area contributed by atoms with Crippen molar-refractivity contribution in [3.8, 4) is 0 Å².